The van der Waals surface area contributed by atoms with E-state index in [1.807, 2.05) is 0 Å². The van der Waals surface area contributed by atoms with Gasteiger partial charge in [0.05, 0.1) is 0 Å². The fourth-order valence-electron chi connectivity index (χ4n) is 0.447. The Hall–Kier alpha value is 0.140. The fraction of sp³-hybridized carbons (Fsp3) is 0.200. The number of hydrogen-bond acceptors (Lipinski definition) is 0. The van der Waals surface area contributed by atoms with Crippen LogP contribution in [0.2, 0.25) is 0 Å². The molecule has 0 aromatic carbocycles. The molecule has 1 aliphatic carbocycles. The summed E-state index contributed by atoms with van der Waals surface area (Å²) in [6.07, 6.45) is 7.75. The number of halogens is 3. The van der Waals surface area contributed by atoms with E-state index in [0.717, 1.165) is 0 Å². The minimum atomic E-state index is 0. The summed E-state index contributed by atoms with van der Waals surface area (Å²) in [5, 5.41) is 0. The maximum atomic E-state index is 2.20. The van der Waals surface area contributed by atoms with E-state index in [4.69, 9.17) is 0 Å². The van der Waals surface area contributed by atoms with Crippen molar-refractivity contribution in [3.05, 3.63) is 21.6 Å². The summed E-state index contributed by atoms with van der Waals surface area (Å²) in [5.41, 5.74) is 0. The zero-order valence-corrected chi connectivity index (χ0v) is 8.17. The van der Waals surface area contributed by atoms with Crippen LogP contribution >= 0.6 is 0 Å². The molecule has 0 amide bonds. The second-order valence-electron chi connectivity index (χ2n) is 1.32. The summed E-state index contributed by atoms with van der Waals surface area (Å²) >= 11 is 1.25. The molecule has 1 rings (SSSR count). The molecule has 0 aromatic rings. The maximum absolute atomic E-state index is 2.20. The van der Waals surface area contributed by atoms with Gasteiger partial charge in [0, 0.05) is 0 Å². The van der Waals surface area contributed by atoms with Gasteiger partial charge in [-0.25, -0.2) is 0 Å². The van der Waals surface area contributed by atoms with Gasteiger partial charge in [-0.15, -0.1) is 0 Å². The van der Waals surface area contributed by atoms with Crippen molar-refractivity contribution >= 4 is 0 Å². The average molecular weight is 301 g/mol. The second kappa shape index (κ2) is 8.14. The summed E-state index contributed by atoms with van der Waals surface area (Å²) in [4.78, 5) is 0. The van der Waals surface area contributed by atoms with Crippen molar-refractivity contribution in [3.63, 3.8) is 0 Å². The third kappa shape index (κ3) is 6.02. The molecule has 0 heterocycles. The molecule has 0 nitrogen and oxygen atoms in total. The summed E-state index contributed by atoms with van der Waals surface area (Å²) in [6, 6.07) is 0. The molecular formula is C5H5F3Hf. The standard InChI is InChI=1S/C5H5.3FH.Hf/c1-2-4-5-3-1;;;;/h1-3H,4H2;3*1H;/q;;;;+3/p-3. The van der Waals surface area contributed by atoms with Gasteiger partial charge in [-0.05, 0) is 0 Å². The Kier molecular flexibility index (Phi) is 14.5. The minimum absolute atomic E-state index is 0. The molecule has 0 spiro atoms. The van der Waals surface area contributed by atoms with Gasteiger partial charge in [-0.2, -0.15) is 0 Å². The van der Waals surface area contributed by atoms with Crippen LogP contribution in [0.3, 0.4) is 0 Å². The predicted octanol–water partition coefficient (Wildman–Crippen LogP) is -7.61. The Morgan fingerprint density at radius 1 is 1.22 bits per heavy atom. The van der Waals surface area contributed by atoms with Gasteiger partial charge in [0.1, 0.15) is 0 Å². The molecule has 50 valence electrons. The summed E-state index contributed by atoms with van der Waals surface area (Å²) in [7, 11) is 0. The van der Waals surface area contributed by atoms with E-state index in [1.54, 1.807) is 3.33 Å². The Morgan fingerprint density at radius 2 is 1.78 bits per heavy atom. The monoisotopic (exact) mass is 302 g/mol. The molecule has 0 fully saturated rings. The average Bonchev–Trinajstić information content (AvgIpc) is 1.86. The number of hydrogen-bond donors (Lipinski definition) is 0. The Morgan fingerprint density at radius 3 is 1.89 bits per heavy atom. The Bertz CT molecular complexity index is 109. The van der Waals surface area contributed by atoms with Crippen molar-refractivity contribution in [2.45, 2.75) is 6.42 Å². The third-order valence-electron chi connectivity index (χ3n) is 0.771. The summed E-state index contributed by atoms with van der Waals surface area (Å²) < 4.78 is 1.61. The van der Waals surface area contributed by atoms with Crippen molar-refractivity contribution in [3.8, 4) is 0 Å². The van der Waals surface area contributed by atoms with E-state index in [-0.39, 0.29) is 14.1 Å². The van der Waals surface area contributed by atoms with Crippen LogP contribution in [-0.2, 0) is 24.4 Å². The van der Waals surface area contributed by atoms with E-state index in [2.05, 4.69) is 18.2 Å². The predicted molar refractivity (Wildman–Crippen MR) is 21.8 cm³/mol. The molecule has 0 atom stereocenters. The topological polar surface area (TPSA) is 0 Å². The molecule has 9 heavy (non-hydrogen) atoms. The van der Waals surface area contributed by atoms with Crippen LogP contribution in [0.15, 0.2) is 21.6 Å². The zero-order chi connectivity index (χ0) is 4.41. The normalized spacial score (nSPS) is 12.4. The zero-order valence-electron chi connectivity index (χ0n) is 4.57. The quantitative estimate of drug-likeness (QED) is 0.390. The van der Waals surface area contributed by atoms with Crippen LogP contribution < -0.4 is 14.1 Å². The third-order valence-corrected chi connectivity index (χ3v) is 2.10. The second-order valence-corrected chi connectivity index (χ2v) is 3.63. The van der Waals surface area contributed by atoms with E-state index in [0.29, 0.717) is 0 Å². The van der Waals surface area contributed by atoms with Crippen LogP contribution in [0.4, 0.5) is 0 Å². The molecule has 0 unspecified atom stereocenters. The molecule has 0 N–H and O–H groups in total. The van der Waals surface area contributed by atoms with Crippen LogP contribution in [0.25, 0.3) is 0 Å². The fourth-order valence-corrected chi connectivity index (χ4v) is 1.22. The molecule has 0 saturated heterocycles. The first kappa shape index (κ1) is 16.1. The van der Waals surface area contributed by atoms with E-state index in [1.165, 1.54) is 30.8 Å². The van der Waals surface area contributed by atoms with E-state index >= 15 is 0 Å². The van der Waals surface area contributed by atoms with Crippen molar-refractivity contribution < 1.29 is 38.5 Å². The van der Waals surface area contributed by atoms with E-state index in [9.17, 15) is 0 Å². The molecular weight excluding hydrogens is 296 g/mol. The molecule has 0 aromatic heterocycles. The molecule has 0 radical (unpaired) electrons. The first-order valence-corrected chi connectivity index (χ1v) is 3.76. The molecule has 0 saturated carbocycles. The Balaban J connectivity index is -0.000000120. The van der Waals surface area contributed by atoms with Crippen LogP contribution in [0.5, 0.6) is 0 Å². The van der Waals surface area contributed by atoms with Crippen LogP contribution in [0.1, 0.15) is 6.42 Å². The first-order chi connectivity index (χ1) is 2.89. The van der Waals surface area contributed by atoms with Gasteiger partial charge in [0.25, 0.3) is 0 Å². The number of allylic oxidation sites excluding steroid dienone is 4. The van der Waals surface area contributed by atoms with Crippen molar-refractivity contribution in [2.75, 3.05) is 0 Å². The van der Waals surface area contributed by atoms with Gasteiger partial charge in [-0.3, -0.25) is 0 Å². The van der Waals surface area contributed by atoms with Crippen LogP contribution in [0, 0.1) is 0 Å². The van der Waals surface area contributed by atoms with Crippen LogP contribution in [-0.4, -0.2) is 0 Å². The summed E-state index contributed by atoms with van der Waals surface area (Å²) in [5.74, 6) is 0. The van der Waals surface area contributed by atoms with Gasteiger partial charge in [-0.1, -0.05) is 0 Å². The molecule has 1 aliphatic rings. The molecule has 4 heteroatoms. The molecule has 0 aliphatic heterocycles. The Labute approximate surface area is 66.7 Å². The van der Waals surface area contributed by atoms with Gasteiger partial charge in [0.2, 0.25) is 0 Å². The first-order valence-electron chi connectivity index (χ1n) is 1.97. The molecule has 0 bridgehead atoms. The van der Waals surface area contributed by atoms with Gasteiger partial charge in [0.15, 0.2) is 0 Å². The van der Waals surface area contributed by atoms with Gasteiger partial charge >= 0.3 is 52.4 Å². The van der Waals surface area contributed by atoms with E-state index < -0.39 is 0 Å². The van der Waals surface area contributed by atoms with Gasteiger partial charge < -0.3 is 14.1 Å². The van der Waals surface area contributed by atoms with Crippen molar-refractivity contribution in [2.24, 2.45) is 0 Å². The van der Waals surface area contributed by atoms with Crippen molar-refractivity contribution in [1.82, 2.24) is 0 Å². The SMILES string of the molecule is [F-].[F-].[F-].[Hf+3][C]1=CC=CC1. The summed E-state index contributed by atoms with van der Waals surface area (Å²) in [6.45, 7) is 0. The van der Waals surface area contributed by atoms with Crippen molar-refractivity contribution in [1.29, 1.82) is 0 Å². The number of rotatable bonds is 0.